The fourth-order valence-corrected chi connectivity index (χ4v) is 2.53. The normalized spacial score (nSPS) is 10.9. The molecule has 0 aliphatic rings. The van der Waals surface area contributed by atoms with Crippen LogP contribution in [0.15, 0.2) is 41.1 Å². The van der Waals surface area contributed by atoms with Crippen molar-refractivity contribution in [2.45, 2.75) is 13.1 Å². The van der Waals surface area contributed by atoms with Crippen molar-refractivity contribution in [3.05, 3.63) is 58.1 Å². The van der Waals surface area contributed by atoms with Crippen molar-refractivity contribution in [1.82, 2.24) is 9.88 Å². The monoisotopic (exact) mass is 340 g/mol. The second kappa shape index (κ2) is 7.57. The minimum Gasteiger partial charge on any atom is -0.383 e. The number of nitrogens with one attached hydrogen (secondary N) is 1. The number of aromatic nitrogens is 1. The van der Waals surface area contributed by atoms with E-state index < -0.39 is 0 Å². The number of hydrogen-bond donors (Lipinski definition) is 1. The Morgan fingerprint density at radius 1 is 1.30 bits per heavy atom. The Labute approximate surface area is 126 Å². The van der Waals surface area contributed by atoms with E-state index in [0.29, 0.717) is 13.2 Å². The lowest BCUT2D eigenvalue weighted by Gasteiger charge is -2.05. The van der Waals surface area contributed by atoms with Gasteiger partial charge in [0.15, 0.2) is 0 Å². The molecule has 0 aliphatic carbocycles. The molecule has 0 saturated carbocycles. The molecular weight excluding hydrogens is 323 g/mol. The van der Waals surface area contributed by atoms with E-state index in [9.17, 15) is 4.39 Å². The molecule has 5 heteroatoms. The highest BCUT2D eigenvalue weighted by Crippen LogP contribution is 2.16. The van der Waals surface area contributed by atoms with Gasteiger partial charge in [0.05, 0.1) is 6.61 Å². The van der Waals surface area contributed by atoms with Gasteiger partial charge < -0.3 is 14.6 Å². The van der Waals surface area contributed by atoms with Gasteiger partial charge in [-0.1, -0.05) is 15.9 Å². The van der Waals surface area contributed by atoms with Gasteiger partial charge in [0.1, 0.15) is 5.82 Å². The molecule has 0 fully saturated rings. The standard InChI is InChI=1S/C15H18BrFN2O/c1-20-5-3-18-9-12-2-4-19(10-12)11-13-6-14(16)8-15(17)7-13/h2,4,6-8,10,18H,3,5,9,11H2,1H3. The highest BCUT2D eigenvalue weighted by atomic mass is 79.9. The number of hydrogen-bond acceptors (Lipinski definition) is 2. The van der Waals surface area contributed by atoms with E-state index >= 15 is 0 Å². The molecule has 0 atom stereocenters. The molecule has 1 N–H and O–H groups in total. The summed E-state index contributed by atoms with van der Waals surface area (Å²) in [5.41, 5.74) is 2.14. The highest BCUT2D eigenvalue weighted by Gasteiger charge is 2.02. The van der Waals surface area contributed by atoms with Crippen molar-refractivity contribution < 1.29 is 9.13 Å². The summed E-state index contributed by atoms with van der Waals surface area (Å²) in [7, 11) is 1.69. The van der Waals surface area contributed by atoms with Crippen molar-refractivity contribution >= 4 is 15.9 Å². The fraction of sp³-hybridized carbons (Fsp3) is 0.333. The van der Waals surface area contributed by atoms with Crippen LogP contribution in [0.4, 0.5) is 4.39 Å². The molecule has 0 amide bonds. The molecule has 3 nitrogen and oxygen atoms in total. The maximum atomic E-state index is 13.3. The molecule has 1 aromatic heterocycles. The maximum absolute atomic E-state index is 13.3. The van der Waals surface area contributed by atoms with Crippen LogP contribution in [-0.4, -0.2) is 24.8 Å². The van der Waals surface area contributed by atoms with Gasteiger partial charge in [-0.25, -0.2) is 4.39 Å². The smallest absolute Gasteiger partial charge is 0.124 e. The topological polar surface area (TPSA) is 26.2 Å². The third kappa shape index (κ3) is 4.74. The molecule has 2 rings (SSSR count). The van der Waals surface area contributed by atoms with Crippen LogP contribution in [0.3, 0.4) is 0 Å². The van der Waals surface area contributed by atoms with Crippen LogP contribution >= 0.6 is 15.9 Å². The number of ether oxygens (including phenoxy) is 1. The largest absolute Gasteiger partial charge is 0.383 e. The lowest BCUT2D eigenvalue weighted by molar-refractivity contribution is 0.199. The zero-order valence-electron chi connectivity index (χ0n) is 11.4. The summed E-state index contributed by atoms with van der Waals surface area (Å²) in [5.74, 6) is -0.219. The van der Waals surface area contributed by atoms with E-state index in [0.717, 1.165) is 23.1 Å². The summed E-state index contributed by atoms with van der Waals surface area (Å²) in [6.07, 6.45) is 4.07. The molecule has 1 aromatic carbocycles. The molecule has 20 heavy (non-hydrogen) atoms. The summed E-state index contributed by atoms with van der Waals surface area (Å²) in [4.78, 5) is 0. The summed E-state index contributed by atoms with van der Waals surface area (Å²) >= 11 is 3.31. The molecule has 2 aromatic rings. The van der Waals surface area contributed by atoms with Crippen molar-refractivity contribution in [2.24, 2.45) is 0 Å². The molecule has 0 saturated heterocycles. The molecule has 0 bridgehead atoms. The molecule has 0 aliphatic heterocycles. The zero-order valence-corrected chi connectivity index (χ0v) is 13.0. The van der Waals surface area contributed by atoms with E-state index in [1.54, 1.807) is 13.2 Å². The zero-order chi connectivity index (χ0) is 14.4. The summed E-state index contributed by atoms with van der Waals surface area (Å²) in [6.45, 7) is 3.01. The average molecular weight is 341 g/mol. The van der Waals surface area contributed by atoms with Gasteiger partial charge in [-0.3, -0.25) is 0 Å². The number of nitrogens with zero attached hydrogens (tertiary/aromatic N) is 1. The average Bonchev–Trinajstić information content (AvgIpc) is 2.81. The molecule has 0 unspecified atom stereocenters. The quantitative estimate of drug-likeness (QED) is 0.783. The van der Waals surface area contributed by atoms with E-state index in [-0.39, 0.29) is 5.82 Å². The van der Waals surface area contributed by atoms with Gasteiger partial charge in [0.2, 0.25) is 0 Å². The summed E-state index contributed by atoms with van der Waals surface area (Å²) < 4.78 is 21.1. The Kier molecular flexibility index (Phi) is 5.76. The summed E-state index contributed by atoms with van der Waals surface area (Å²) in [6, 6.07) is 7.01. The molecule has 1 heterocycles. The Hall–Kier alpha value is -1.17. The van der Waals surface area contributed by atoms with Gasteiger partial charge in [-0.2, -0.15) is 0 Å². The van der Waals surface area contributed by atoms with Gasteiger partial charge in [0.25, 0.3) is 0 Å². The second-order valence-electron chi connectivity index (χ2n) is 4.64. The fourth-order valence-electron chi connectivity index (χ4n) is 2.01. The maximum Gasteiger partial charge on any atom is 0.124 e. The Morgan fingerprint density at radius 2 is 2.15 bits per heavy atom. The first kappa shape index (κ1) is 15.2. The lowest BCUT2D eigenvalue weighted by atomic mass is 10.2. The van der Waals surface area contributed by atoms with E-state index in [1.165, 1.54) is 11.6 Å². The Balaban J connectivity index is 1.92. The van der Waals surface area contributed by atoms with E-state index in [4.69, 9.17) is 4.74 Å². The van der Waals surface area contributed by atoms with Crippen molar-refractivity contribution in [2.75, 3.05) is 20.3 Å². The predicted octanol–water partition coefficient (Wildman–Crippen LogP) is 3.17. The van der Waals surface area contributed by atoms with Gasteiger partial charge in [-0.15, -0.1) is 0 Å². The first-order valence-corrected chi connectivity index (χ1v) is 7.26. The van der Waals surface area contributed by atoms with Crippen LogP contribution in [0.1, 0.15) is 11.1 Å². The van der Waals surface area contributed by atoms with Crippen LogP contribution in [0.5, 0.6) is 0 Å². The van der Waals surface area contributed by atoms with E-state index in [2.05, 4.69) is 38.1 Å². The van der Waals surface area contributed by atoms with Crippen LogP contribution in [0, 0.1) is 5.82 Å². The van der Waals surface area contributed by atoms with Crippen molar-refractivity contribution in [1.29, 1.82) is 0 Å². The number of halogens is 2. The minimum absolute atomic E-state index is 0.219. The van der Waals surface area contributed by atoms with Gasteiger partial charge in [-0.05, 0) is 35.4 Å². The Bertz CT molecular complexity index is 536. The first-order valence-electron chi connectivity index (χ1n) is 6.46. The summed E-state index contributed by atoms with van der Waals surface area (Å²) in [5, 5.41) is 3.29. The minimum atomic E-state index is -0.219. The molecule has 108 valence electrons. The molecule has 0 radical (unpaired) electrons. The lowest BCUT2D eigenvalue weighted by Crippen LogP contribution is -2.18. The van der Waals surface area contributed by atoms with E-state index in [1.807, 2.05) is 12.3 Å². The number of benzene rings is 1. The molecular formula is C15H18BrFN2O. The van der Waals surface area contributed by atoms with Crippen molar-refractivity contribution in [3.63, 3.8) is 0 Å². The van der Waals surface area contributed by atoms with Crippen molar-refractivity contribution in [3.8, 4) is 0 Å². The Morgan fingerprint density at radius 3 is 2.90 bits per heavy atom. The van der Waals surface area contributed by atoms with Crippen LogP contribution < -0.4 is 5.32 Å². The predicted molar refractivity (Wildman–Crippen MR) is 81.2 cm³/mol. The third-order valence-corrected chi connectivity index (χ3v) is 3.37. The number of methoxy groups -OCH3 is 1. The third-order valence-electron chi connectivity index (χ3n) is 2.91. The molecule has 0 spiro atoms. The van der Waals surface area contributed by atoms with Crippen LogP contribution in [0.25, 0.3) is 0 Å². The highest BCUT2D eigenvalue weighted by molar-refractivity contribution is 9.10. The van der Waals surface area contributed by atoms with Crippen LogP contribution in [0.2, 0.25) is 0 Å². The second-order valence-corrected chi connectivity index (χ2v) is 5.56. The number of rotatable bonds is 7. The van der Waals surface area contributed by atoms with Gasteiger partial charge in [0, 0.05) is 43.6 Å². The first-order chi connectivity index (χ1) is 9.67. The SMILES string of the molecule is COCCNCc1ccn(Cc2cc(F)cc(Br)c2)c1. The van der Waals surface area contributed by atoms with Crippen LogP contribution in [-0.2, 0) is 17.8 Å². The van der Waals surface area contributed by atoms with Gasteiger partial charge >= 0.3 is 0 Å².